The number of benzene rings is 1. The molecule has 0 aliphatic heterocycles. The van der Waals surface area contributed by atoms with Crippen LogP contribution in [-0.4, -0.2) is 23.7 Å². The summed E-state index contributed by atoms with van der Waals surface area (Å²) in [4.78, 5) is 16.2. The van der Waals surface area contributed by atoms with Crippen LogP contribution in [0, 0.1) is 0 Å². The number of nitrogens with one attached hydrogen (secondary N) is 1. The molecular weight excluding hydrogens is 497 g/mol. The Morgan fingerprint density at radius 2 is 2.23 bits per heavy atom. The van der Waals surface area contributed by atoms with Crippen LogP contribution in [0.4, 0.5) is 9.52 Å². The first-order valence-corrected chi connectivity index (χ1v) is 12.3. The SMILES string of the molecule is CCCc1oc(=O)n(Cc2cccc(Br)c2)c1/C=C(/F)CS(=O)(=O)Nc1nccs1. The van der Waals surface area contributed by atoms with E-state index >= 15 is 0 Å². The van der Waals surface area contributed by atoms with Crippen LogP contribution in [0.15, 0.2) is 55.4 Å². The lowest BCUT2D eigenvalue weighted by molar-refractivity contribution is 0.449. The molecule has 0 fully saturated rings. The van der Waals surface area contributed by atoms with Crippen molar-refractivity contribution in [2.24, 2.45) is 0 Å². The van der Waals surface area contributed by atoms with Gasteiger partial charge in [-0.25, -0.2) is 22.6 Å². The molecule has 7 nitrogen and oxygen atoms in total. The van der Waals surface area contributed by atoms with Crippen molar-refractivity contribution in [1.29, 1.82) is 0 Å². The largest absolute Gasteiger partial charge is 0.419 e. The molecule has 0 aliphatic carbocycles. The van der Waals surface area contributed by atoms with Gasteiger partial charge in [-0.3, -0.25) is 9.29 Å². The maximum absolute atomic E-state index is 14.7. The van der Waals surface area contributed by atoms with E-state index in [2.05, 4.69) is 25.6 Å². The van der Waals surface area contributed by atoms with E-state index in [0.29, 0.717) is 18.6 Å². The zero-order chi connectivity index (χ0) is 21.7. The molecule has 0 bridgehead atoms. The van der Waals surface area contributed by atoms with Crippen LogP contribution >= 0.6 is 27.3 Å². The van der Waals surface area contributed by atoms with Crippen molar-refractivity contribution in [3.63, 3.8) is 0 Å². The number of halogens is 2. The van der Waals surface area contributed by atoms with Gasteiger partial charge >= 0.3 is 5.76 Å². The highest BCUT2D eigenvalue weighted by Gasteiger charge is 2.19. The molecular formula is C19H19BrFN3O4S2. The van der Waals surface area contributed by atoms with E-state index in [-0.39, 0.29) is 17.4 Å². The van der Waals surface area contributed by atoms with Crippen LogP contribution in [0.3, 0.4) is 0 Å². The van der Waals surface area contributed by atoms with Gasteiger partial charge in [-0.2, -0.15) is 0 Å². The van der Waals surface area contributed by atoms with Crippen LogP contribution in [0.5, 0.6) is 0 Å². The third kappa shape index (κ3) is 5.89. The summed E-state index contributed by atoms with van der Waals surface area (Å²) >= 11 is 4.47. The van der Waals surface area contributed by atoms with Crippen molar-refractivity contribution < 1.29 is 17.2 Å². The van der Waals surface area contributed by atoms with Gasteiger partial charge in [0.15, 0.2) is 5.13 Å². The smallest absolute Gasteiger partial charge is 0.412 e. The topological polar surface area (TPSA) is 94.2 Å². The maximum atomic E-state index is 14.7. The summed E-state index contributed by atoms with van der Waals surface area (Å²) in [5, 5.41) is 1.76. The number of oxazole rings is 1. The van der Waals surface area contributed by atoms with Gasteiger partial charge in [0.05, 0.1) is 12.2 Å². The number of hydrogen-bond acceptors (Lipinski definition) is 6. The fourth-order valence-electron chi connectivity index (χ4n) is 2.81. The Hall–Kier alpha value is -2.24. The monoisotopic (exact) mass is 515 g/mol. The molecule has 2 aromatic heterocycles. The molecule has 1 N–H and O–H groups in total. The van der Waals surface area contributed by atoms with Gasteiger partial charge in [0, 0.05) is 22.5 Å². The van der Waals surface area contributed by atoms with Gasteiger partial charge in [0.1, 0.15) is 17.3 Å². The minimum absolute atomic E-state index is 0.157. The van der Waals surface area contributed by atoms with Crippen LogP contribution in [0.2, 0.25) is 0 Å². The summed E-state index contributed by atoms with van der Waals surface area (Å²) in [6.45, 7) is 2.06. The molecule has 160 valence electrons. The summed E-state index contributed by atoms with van der Waals surface area (Å²) in [5.74, 6) is -2.10. The van der Waals surface area contributed by atoms with E-state index in [1.165, 1.54) is 10.8 Å². The van der Waals surface area contributed by atoms with Crippen LogP contribution in [0.25, 0.3) is 6.08 Å². The fourth-order valence-corrected chi connectivity index (χ4v) is 5.04. The minimum atomic E-state index is -3.99. The third-order valence-corrected chi connectivity index (χ3v) is 6.48. The summed E-state index contributed by atoms with van der Waals surface area (Å²) < 4.78 is 48.8. The molecule has 30 heavy (non-hydrogen) atoms. The van der Waals surface area contributed by atoms with Gasteiger partial charge < -0.3 is 4.42 Å². The second-order valence-electron chi connectivity index (χ2n) is 6.43. The Bertz CT molecular complexity index is 1200. The Kier molecular flexibility index (Phi) is 7.27. The Balaban J connectivity index is 1.91. The van der Waals surface area contributed by atoms with Crippen molar-refractivity contribution in [2.45, 2.75) is 26.3 Å². The van der Waals surface area contributed by atoms with Gasteiger partial charge in [0.2, 0.25) is 10.0 Å². The lowest BCUT2D eigenvalue weighted by Gasteiger charge is -2.07. The molecule has 0 saturated carbocycles. The first kappa shape index (κ1) is 22.4. The Morgan fingerprint density at radius 1 is 1.43 bits per heavy atom. The van der Waals surface area contributed by atoms with Gasteiger partial charge in [0.25, 0.3) is 0 Å². The normalized spacial score (nSPS) is 12.3. The third-order valence-electron chi connectivity index (χ3n) is 4.01. The number of nitrogens with zero attached hydrogens (tertiary/aromatic N) is 2. The second-order valence-corrected chi connectivity index (χ2v) is 9.96. The highest BCUT2D eigenvalue weighted by Crippen LogP contribution is 2.20. The molecule has 2 heterocycles. The summed E-state index contributed by atoms with van der Waals surface area (Å²) in [7, 11) is -3.99. The highest BCUT2D eigenvalue weighted by molar-refractivity contribution is 9.10. The van der Waals surface area contributed by atoms with Crippen LogP contribution < -0.4 is 10.5 Å². The molecule has 1 aromatic carbocycles. The molecule has 0 unspecified atom stereocenters. The van der Waals surface area contributed by atoms with Crippen molar-refractivity contribution in [3.05, 3.63) is 73.7 Å². The molecule has 0 saturated heterocycles. The van der Waals surface area contributed by atoms with Gasteiger partial charge in [-0.15, -0.1) is 11.3 Å². The first-order chi connectivity index (χ1) is 14.3. The predicted molar refractivity (Wildman–Crippen MR) is 119 cm³/mol. The number of rotatable bonds is 9. The van der Waals surface area contributed by atoms with Gasteiger partial charge in [-0.1, -0.05) is 35.0 Å². The van der Waals surface area contributed by atoms with Crippen molar-refractivity contribution in [2.75, 3.05) is 10.5 Å². The molecule has 3 aromatic rings. The van der Waals surface area contributed by atoms with E-state index in [4.69, 9.17) is 4.42 Å². The number of hydrogen-bond donors (Lipinski definition) is 1. The zero-order valence-electron chi connectivity index (χ0n) is 16.0. The van der Waals surface area contributed by atoms with E-state index in [1.54, 1.807) is 5.38 Å². The van der Waals surface area contributed by atoms with Crippen molar-refractivity contribution in [3.8, 4) is 0 Å². The fraction of sp³-hybridized carbons (Fsp3) is 0.263. The summed E-state index contributed by atoms with van der Waals surface area (Å²) in [5.41, 5.74) is 1.03. The number of sulfonamides is 1. The molecule has 0 spiro atoms. The molecule has 0 aliphatic rings. The Morgan fingerprint density at radius 3 is 2.90 bits per heavy atom. The summed E-state index contributed by atoms with van der Waals surface area (Å²) in [6.07, 6.45) is 3.59. The summed E-state index contributed by atoms with van der Waals surface area (Å²) in [6, 6.07) is 7.34. The predicted octanol–water partition coefficient (Wildman–Crippen LogP) is 4.41. The lowest BCUT2D eigenvalue weighted by atomic mass is 10.2. The molecule has 0 amide bonds. The van der Waals surface area contributed by atoms with Gasteiger partial charge in [-0.05, 0) is 30.2 Å². The molecule has 3 rings (SSSR count). The number of thiazole rings is 1. The van der Waals surface area contributed by atoms with Crippen LogP contribution in [0.1, 0.15) is 30.4 Å². The van der Waals surface area contributed by atoms with Crippen molar-refractivity contribution in [1.82, 2.24) is 9.55 Å². The molecule has 11 heteroatoms. The molecule has 0 radical (unpaired) electrons. The minimum Gasteiger partial charge on any atom is -0.412 e. The van der Waals surface area contributed by atoms with E-state index in [9.17, 15) is 17.6 Å². The van der Waals surface area contributed by atoms with Crippen LogP contribution in [-0.2, 0) is 23.0 Å². The number of anilines is 1. The zero-order valence-corrected chi connectivity index (χ0v) is 19.2. The number of aryl methyl sites for hydroxylation is 1. The average molecular weight is 516 g/mol. The van der Waals surface area contributed by atoms with Crippen molar-refractivity contribution >= 4 is 48.5 Å². The quantitative estimate of drug-likeness (QED) is 0.455. The van der Waals surface area contributed by atoms with E-state index in [1.807, 2.05) is 31.2 Å². The number of aromatic nitrogens is 2. The average Bonchev–Trinajstić information content (AvgIpc) is 3.24. The second kappa shape index (κ2) is 9.71. The van der Waals surface area contributed by atoms with E-state index < -0.39 is 27.4 Å². The standard InChI is InChI=1S/C19H19BrFN3O4S2/c1-2-4-17-16(10-15(21)12-30(26,27)23-18-22-7-8-29-18)24(19(25)28-17)11-13-5-3-6-14(20)9-13/h3,5-10H,2,4,11-12H2,1H3,(H,22,23)/b15-10+. The Labute approximate surface area is 185 Å². The first-order valence-electron chi connectivity index (χ1n) is 9.00. The van der Waals surface area contributed by atoms with E-state index in [0.717, 1.165) is 27.4 Å². The maximum Gasteiger partial charge on any atom is 0.419 e. The highest BCUT2D eigenvalue weighted by atomic mass is 79.9. The molecule has 0 atom stereocenters. The lowest BCUT2D eigenvalue weighted by Crippen LogP contribution is -2.18.